The van der Waals surface area contributed by atoms with Gasteiger partial charge in [-0.15, -0.1) is 5.10 Å². The molecule has 4 nitrogen and oxygen atoms in total. The van der Waals surface area contributed by atoms with Crippen molar-refractivity contribution in [2.45, 2.75) is 6.54 Å². The van der Waals surface area contributed by atoms with Crippen LogP contribution in [0.1, 0.15) is 5.56 Å². The van der Waals surface area contributed by atoms with E-state index in [1.165, 1.54) is 15.1 Å². The highest BCUT2D eigenvalue weighted by molar-refractivity contribution is 6.33. The normalized spacial score (nSPS) is 11.1. The van der Waals surface area contributed by atoms with E-state index >= 15 is 0 Å². The van der Waals surface area contributed by atoms with Crippen LogP contribution in [0.2, 0.25) is 5.02 Å². The highest BCUT2D eigenvalue weighted by atomic mass is 35.5. The van der Waals surface area contributed by atoms with Gasteiger partial charge in [-0.3, -0.25) is 0 Å². The van der Waals surface area contributed by atoms with Gasteiger partial charge in [-0.1, -0.05) is 29.8 Å². The van der Waals surface area contributed by atoms with Crippen molar-refractivity contribution in [3.8, 4) is 0 Å². The Labute approximate surface area is 112 Å². The van der Waals surface area contributed by atoms with Crippen LogP contribution in [0, 0.1) is 5.82 Å². The Balaban J connectivity index is 2.12. The van der Waals surface area contributed by atoms with Crippen LogP contribution in [0.3, 0.4) is 0 Å². The molecule has 0 amide bonds. The molecule has 6 heteroatoms. The van der Waals surface area contributed by atoms with Crippen molar-refractivity contribution < 1.29 is 4.39 Å². The number of nitrogens with zero attached hydrogens (tertiary/aromatic N) is 3. The zero-order valence-corrected chi connectivity index (χ0v) is 10.5. The van der Waals surface area contributed by atoms with E-state index in [4.69, 9.17) is 11.6 Å². The van der Waals surface area contributed by atoms with Crippen LogP contribution in [0.25, 0.3) is 5.65 Å². The molecule has 0 aliphatic rings. The first-order chi connectivity index (χ1) is 9.16. The van der Waals surface area contributed by atoms with Gasteiger partial charge >= 0.3 is 5.69 Å². The minimum atomic E-state index is -0.363. The van der Waals surface area contributed by atoms with E-state index < -0.39 is 0 Å². The van der Waals surface area contributed by atoms with Crippen molar-refractivity contribution in [1.29, 1.82) is 0 Å². The first-order valence-electron chi connectivity index (χ1n) is 5.64. The molecule has 96 valence electrons. The molecular formula is C13H9ClFN3O. The van der Waals surface area contributed by atoms with Crippen molar-refractivity contribution >= 4 is 17.2 Å². The summed E-state index contributed by atoms with van der Waals surface area (Å²) < 4.78 is 16.1. The standard InChI is InChI=1S/C13H9ClFN3O/c14-10-5-3-7-17-12(10)16-18(13(17)19)8-9-4-1-2-6-11(9)15/h1-7H,8H2. The summed E-state index contributed by atoms with van der Waals surface area (Å²) in [5, 5.41) is 4.50. The van der Waals surface area contributed by atoms with Gasteiger partial charge in [0.15, 0.2) is 5.65 Å². The van der Waals surface area contributed by atoms with Crippen molar-refractivity contribution in [2.24, 2.45) is 0 Å². The summed E-state index contributed by atoms with van der Waals surface area (Å²) in [6, 6.07) is 9.59. The third-order valence-electron chi connectivity index (χ3n) is 2.84. The molecule has 3 aromatic rings. The molecule has 3 rings (SSSR count). The fraction of sp³-hybridized carbons (Fsp3) is 0.0769. The number of pyridine rings is 1. The lowest BCUT2D eigenvalue weighted by Crippen LogP contribution is -2.22. The Kier molecular flexibility index (Phi) is 2.83. The summed E-state index contributed by atoms with van der Waals surface area (Å²) in [7, 11) is 0. The number of halogens is 2. The van der Waals surface area contributed by atoms with Gasteiger partial charge in [0.25, 0.3) is 0 Å². The average molecular weight is 278 g/mol. The van der Waals surface area contributed by atoms with Crippen LogP contribution < -0.4 is 5.69 Å². The highest BCUT2D eigenvalue weighted by Gasteiger charge is 2.11. The molecular weight excluding hydrogens is 269 g/mol. The third kappa shape index (κ3) is 2.02. The summed E-state index contributed by atoms with van der Waals surface area (Å²) in [5.41, 5.74) is 0.426. The molecule has 0 N–H and O–H groups in total. The second-order valence-corrected chi connectivity index (χ2v) is 4.49. The molecule has 0 fully saturated rings. The van der Waals surface area contributed by atoms with E-state index in [0.29, 0.717) is 16.2 Å². The summed E-state index contributed by atoms with van der Waals surface area (Å²) in [5.74, 6) is -0.363. The van der Waals surface area contributed by atoms with E-state index in [0.717, 1.165) is 0 Å². The molecule has 0 aliphatic carbocycles. The van der Waals surface area contributed by atoms with E-state index in [-0.39, 0.29) is 18.1 Å². The fourth-order valence-corrected chi connectivity index (χ4v) is 2.10. The number of rotatable bonds is 2. The molecule has 2 heterocycles. The SMILES string of the molecule is O=c1n(Cc2ccccc2F)nc2c(Cl)cccn12. The number of aromatic nitrogens is 3. The second kappa shape index (κ2) is 4.51. The molecule has 0 aliphatic heterocycles. The molecule has 1 aromatic carbocycles. The lowest BCUT2D eigenvalue weighted by atomic mass is 10.2. The molecule has 0 unspecified atom stereocenters. The average Bonchev–Trinajstić information content (AvgIpc) is 2.72. The van der Waals surface area contributed by atoms with Gasteiger partial charge in [0, 0.05) is 11.8 Å². The first kappa shape index (κ1) is 11.9. The molecule has 0 bridgehead atoms. The lowest BCUT2D eigenvalue weighted by Gasteiger charge is -2.01. The van der Waals surface area contributed by atoms with Crippen LogP contribution in [-0.2, 0) is 6.54 Å². The van der Waals surface area contributed by atoms with Crippen molar-refractivity contribution in [1.82, 2.24) is 14.2 Å². The van der Waals surface area contributed by atoms with Gasteiger partial charge in [-0.05, 0) is 18.2 Å². The van der Waals surface area contributed by atoms with E-state index in [1.54, 1.807) is 36.5 Å². The monoisotopic (exact) mass is 277 g/mol. The summed E-state index contributed by atoms with van der Waals surface area (Å²) >= 11 is 5.97. The molecule has 2 aromatic heterocycles. The Hall–Kier alpha value is -2.14. The quantitative estimate of drug-likeness (QED) is 0.721. The van der Waals surface area contributed by atoms with Crippen LogP contribution in [0.4, 0.5) is 4.39 Å². The molecule has 0 radical (unpaired) electrons. The van der Waals surface area contributed by atoms with Gasteiger partial charge in [-0.25, -0.2) is 18.3 Å². The first-order valence-corrected chi connectivity index (χ1v) is 6.02. The molecule has 0 saturated heterocycles. The minimum absolute atomic E-state index is 0.0729. The predicted octanol–water partition coefficient (Wildman–Crippen LogP) is 2.34. The maximum atomic E-state index is 13.6. The Morgan fingerprint density at radius 3 is 2.74 bits per heavy atom. The molecule has 0 atom stereocenters. The maximum absolute atomic E-state index is 13.6. The lowest BCUT2D eigenvalue weighted by molar-refractivity contribution is 0.578. The number of benzene rings is 1. The van der Waals surface area contributed by atoms with Gasteiger partial charge < -0.3 is 0 Å². The maximum Gasteiger partial charge on any atom is 0.350 e. The smallest absolute Gasteiger partial charge is 0.249 e. The predicted molar refractivity (Wildman–Crippen MR) is 70.0 cm³/mol. The Bertz CT molecular complexity index is 809. The fourth-order valence-electron chi connectivity index (χ4n) is 1.90. The topological polar surface area (TPSA) is 39.3 Å². The number of hydrogen-bond donors (Lipinski definition) is 0. The minimum Gasteiger partial charge on any atom is -0.249 e. The Morgan fingerprint density at radius 2 is 2.00 bits per heavy atom. The number of hydrogen-bond acceptors (Lipinski definition) is 2. The van der Waals surface area contributed by atoms with Crippen LogP contribution in [0.5, 0.6) is 0 Å². The van der Waals surface area contributed by atoms with E-state index in [2.05, 4.69) is 5.10 Å². The largest absolute Gasteiger partial charge is 0.350 e. The highest BCUT2D eigenvalue weighted by Crippen LogP contribution is 2.13. The van der Waals surface area contributed by atoms with Crippen LogP contribution in [0.15, 0.2) is 47.4 Å². The van der Waals surface area contributed by atoms with Crippen LogP contribution >= 0.6 is 11.6 Å². The second-order valence-electron chi connectivity index (χ2n) is 4.08. The van der Waals surface area contributed by atoms with Gasteiger partial charge in [0.05, 0.1) is 11.6 Å². The van der Waals surface area contributed by atoms with Crippen molar-refractivity contribution in [3.05, 3.63) is 69.5 Å². The Morgan fingerprint density at radius 1 is 1.21 bits per heavy atom. The summed E-state index contributed by atoms with van der Waals surface area (Å²) in [4.78, 5) is 12.1. The zero-order valence-electron chi connectivity index (χ0n) is 9.75. The molecule has 0 spiro atoms. The van der Waals surface area contributed by atoms with Crippen LogP contribution in [-0.4, -0.2) is 14.2 Å². The van der Waals surface area contributed by atoms with Gasteiger partial charge in [-0.2, -0.15) is 0 Å². The number of fused-ring (bicyclic) bond motifs is 1. The summed E-state index contributed by atoms with van der Waals surface area (Å²) in [6.45, 7) is 0.0729. The summed E-state index contributed by atoms with van der Waals surface area (Å²) in [6.07, 6.45) is 1.58. The zero-order chi connectivity index (χ0) is 13.4. The van der Waals surface area contributed by atoms with Gasteiger partial charge in [0.1, 0.15) is 5.82 Å². The third-order valence-corrected chi connectivity index (χ3v) is 3.13. The van der Waals surface area contributed by atoms with Crippen molar-refractivity contribution in [3.63, 3.8) is 0 Å². The van der Waals surface area contributed by atoms with Crippen molar-refractivity contribution in [2.75, 3.05) is 0 Å². The molecule has 19 heavy (non-hydrogen) atoms. The van der Waals surface area contributed by atoms with Gasteiger partial charge in [0.2, 0.25) is 0 Å². The van der Waals surface area contributed by atoms with E-state index in [1.807, 2.05) is 0 Å². The van der Waals surface area contributed by atoms with E-state index in [9.17, 15) is 9.18 Å². The molecule has 0 saturated carbocycles.